The van der Waals surface area contributed by atoms with Crippen molar-refractivity contribution in [3.63, 3.8) is 0 Å². The molecule has 1 heterocycles. The van der Waals surface area contributed by atoms with Crippen LogP contribution in [0.3, 0.4) is 0 Å². The molecule has 0 N–H and O–H groups in total. The van der Waals surface area contributed by atoms with Crippen LogP contribution in [-0.4, -0.2) is 0 Å². The number of halogens is 1. The lowest BCUT2D eigenvalue weighted by Crippen LogP contribution is -1.82. The third-order valence-electron chi connectivity index (χ3n) is 1.50. The number of allylic oxidation sites excluding steroid dienone is 5. The van der Waals surface area contributed by atoms with Crippen molar-refractivity contribution < 1.29 is 4.74 Å². The zero-order valence-electron chi connectivity index (χ0n) is 7.01. The molecule has 1 aliphatic rings. The molecular formula is C10H11BrO. The lowest BCUT2D eigenvalue weighted by atomic mass is 10.2. The maximum Gasteiger partial charge on any atom is 0.133 e. The first kappa shape index (κ1) is 9.33. The highest BCUT2D eigenvalue weighted by atomic mass is 79.9. The van der Waals surface area contributed by atoms with Crippen molar-refractivity contribution in [3.05, 3.63) is 46.9 Å². The fraction of sp³-hybridized carbons (Fsp3) is 0.200. The van der Waals surface area contributed by atoms with Crippen LogP contribution in [0.5, 0.6) is 0 Å². The Hall–Kier alpha value is -0.760. The number of rotatable bonds is 0. The van der Waals surface area contributed by atoms with Crippen molar-refractivity contribution >= 4 is 15.9 Å². The van der Waals surface area contributed by atoms with Gasteiger partial charge in [-0.3, -0.25) is 0 Å². The van der Waals surface area contributed by atoms with E-state index < -0.39 is 0 Å². The molecule has 1 aliphatic heterocycles. The van der Waals surface area contributed by atoms with Crippen LogP contribution in [0.15, 0.2) is 46.9 Å². The van der Waals surface area contributed by atoms with Gasteiger partial charge in [0, 0.05) is 0 Å². The van der Waals surface area contributed by atoms with E-state index in [4.69, 9.17) is 4.74 Å². The lowest BCUT2D eigenvalue weighted by Gasteiger charge is -2.01. The molecule has 0 saturated heterocycles. The standard InChI is InChI=1S/C10H11BrO/c1-8-5-3-4-6-12-9(2)10(11)7-8/h4-7H,2-3H2,1H3/b6-4-,8-5-,10-7+. The SMILES string of the molecule is C=C1O/C=C\C/C=C(C)\C=C/1Br. The molecule has 0 bridgehead atoms. The monoisotopic (exact) mass is 226 g/mol. The summed E-state index contributed by atoms with van der Waals surface area (Å²) < 4.78 is 6.09. The van der Waals surface area contributed by atoms with E-state index in [-0.39, 0.29) is 0 Å². The van der Waals surface area contributed by atoms with Gasteiger partial charge in [0.2, 0.25) is 0 Å². The Morgan fingerprint density at radius 2 is 2.33 bits per heavy atom. The van der Waals surface area contributed by atoms with Gasteiger partial charge in [-0.15, -0.1) is 0 Å². The largest absolute Gasteiger partial charge is 0.465 e. The molecule has 0 aliphatic carbocycles. The van der Waals surface area contributed by atoms with E-state index >= 15 is 0 Å². The summed E-state index contributed by atoms with van der Waals surface area (Å²) in [6, 6.07) is 0. The summed E-state index contributed by atoms with van der Waals surface area (Å²) in [7, 11) is 0. The van der Waals surface area contributed by atoms with Crippen LogP contribution in [-0.2, 0) is 4.74 Å². The molecule has 0 fully saturated rings. The lowest BCUT2D eigenvalue weighted by molar-refractivity contribution is 0.368. The summed E-state index contributed by atoms with van der Waals surface area (Å²) in [5, 5.41) is 0. The van der Waals surface area contributed by atoms with Crippen LogP contribution in [0.1, 0.15) is 13.3 Å². The van der Waals surface area contributed by atoms with Gasteiger partial charge in [-0.1, -0.05) is 18.2 Å². The highest BCUT2D eigenvalue weighted by Crippen LogP contribution is 2.20. The summed E-state index contributed by atoms with van der Waals surface area (Å²) in [6.07, 6.45) is 8.63. The minimum Gasteiger partial charge on any atom is -0.465 e. The van der Waals surface area contributed by atoms with Crippen LogP contribution >= 0.6 is 15.9 Å². The van der Waals surface area contributed by atoms with E-state index in [0.717, 1.165) is 10.9 Å². The quantitative estimate of drug-likeness (QED) is 0.613. The molecule has 0 saturated carbocycles. The molecule has 64 valence electrons. The van der Waals surface area contributed by atoms with Gasteiger partial charge < -0.3 is 4.74 Å². The van der Waals surface area contributed by atoms with Gasteiger partial charge in [0.15, 0.2) is 0 Å². The normalized spacial score (nSPS) is 29.7. The molecule has 0 spiro atoms. The third kappa shape index (κ3) is 2.70. The second-order valence-electron chi connectivity index (χ2n) is 2.59. The molecule has 12 heavy (non-hydrogen) atoms. The topological polar surface area (TPSA) is 9.23 Å². The highest BCUT2D eigenvalue weighted by molar-refractivity contribution is 9.11. The second-order valence-corrected chi connectivity index (χ2v) is 3.44. The van der Waals surface area contributed by atoms with Gasteiger partial charge >= 0.3 is 0 Å². The van der Waals surface area contributed by atoms with Crippen molar-refractivity contribution in [2.75, 3.05) is 0 Å². The number of hydrogen-bond acceptors (Lipinski definition) is 1. The molecule has 0 aromatic heterocycles. The molecule has 2 heteroatoms. The maximum atomic E-state index is 5.20. The Morgan fingerprint density at radius 3 is 3.08 bits per heavy atom. The van der Waals surface area contributed by atoms with Crippen molar-refractivity contribution in [1.29, 1.82) is 0 Å². The number of hydrogen-bond donors (Lipinski definition) is 0. The average molecular weight is 227 g/mol. The zero-order valence-corrected chi connectivity index (χ0v) is 8.60. The van der Waals surface area contributed by atoms with Gasteiger partial charge in [0.1, 0.15) is 5.76 Å². The van der Waals surface area contributed by atoms with E-state index in [2.05, 4.69) is 28.6 Å². The summed E-state index contributed by atoms with van der Waals surface area (Å²) in [6.45, 7) is 5.81. The molecule has 0 radical (unpaired) electrons. The molecule has 0 atom stereocenters. The Kier molecular flexibility index (Phi) is 3.35. The third-order valence-corrected chi connectivity index (χ3v) is 2.17. The van der Waals surface area contributed by atoms with Crippen LogP contribution < -0.4 is 0 Å². The zero-order chi connectivity index (χ0) is 8.97. The van der Waals surface area contributed by atoms with Gasteiger partial charge in [-0.25, -0.2) is 0 Å². The second kappa shape index (κ2) is 4.31. The van der Waals surface area contributed by atoms with E-state index in [1.54, 1.807) is 6.26 Å². The van der Waals surface area contributed by atoms with Crippen LogP contribution in [0.4, 0.5) is 0 Å². The highest BCUT2D eigenvalue weighted by Gasteiger charge is 1.99. The molecule has 0 aromatic carbocycles. The van der Waals surface area contributed by atoms with Gasteiger partial charge in [0.25, 0.3) is 0 Å². The minimum absolute atomic E-state index is 0.640. The minimum atomic E-state index is 0.640. The first-order valence-electron chi connectivity index (χ1n) is 3.75. The summed E-state index contributed by atoms with van der Waals surface area (Å²) in [5.41, 5.74) is 1.21. The predicted molar refractivity (Wildman–Crippen MR) is 54.7 cm³/mol. The van der Waals surface area contributed by atoms with Crippen LogP contribution in [0.2, 0.25) is 0 Å². The van der Waals surface area contributed by atoms with Crippen LogP contribution in [0, 0.1) is 0 Å². The smallest absolute Gasteiger partial charge is 0.133 e. The van der Waals surface area contributed by atoms with Crippen molar-refractivity contribution in [3.8, 4) is 0 Å². The Morgan fingerprint density at radius 1 is 1.58 bits per heavy atom. The molecule has 1 nitrogen and oxygen atoms in total. The summed E-state index contributed by atoms with van der Waals surface area (Å²) >= 11 is 3.38. The van der Waals surface area contributed by atoms with E-state index in [9.17, 15) is 0 Å². The Bertz CT molecular complexity index is 272. The fourth-order valence-electron chi connectivity index (χ4n) is 0.835. The fourth-order valence-corrected chi connectivity index (χ4v) is 1.29. The number of ether oxygens (including phenoxy) is 1. The molecule has 0 unspecified atom stereocenters. The maximum absolute atomic E-state index is 5.20. The molecule has 0 amide bonds. The van der Waals surface area contributed by atoms with Gasteiger partial charge in [-0.2, -0.15) is 0 Å². The van der Waals surface area contributed by atoms with E-state index in [1.165, 1.54) is 5.57 Å². The summed E-state index contributed by atoms with van der Waals surface area (Å²) in [5.74, 6) is 0.640. The Balaban J connectivity index is 2.90. The van der Waals surface area contributed by atoms with Crippen molar-refractivity contribution in [2.24, 2.45) is 0 Å². The van der Waals surface area contributed by atoms with Crippen LogP contribution in [0.25, 0.3) is 0 Å². The first-order chi connectivity index (χ1) is 5.70. The van der Waals surface area contributed by atoms with E-state index in [1.807, 2.05) is 19.1 Å². The van der Waals surface area contributed by atoms with Crippen molar-refractivity contribution in [1.82, 2.24) is 0 Å². The summed E-state index contributed by atoms with van der Waals surface area (Å²) in [4.78, 5) is 0. The first-order valence-corrected chi connectivity index (χ1v) is 4.54. The predicted octanol–water partition coefficient (Wildman–Crippen LogP) is 3.66. The Labute approximate surface area is 81.2 Å². The van der Waals surface area contributed by atoms with Gasteiger partial charge in [0.05, 0.1) is 10.7 Å². The van der Waals surface area contributed by atoms with Gasteiger partial charge in [-0.05, 0) is 41.4 Å². The molecule has 0 aromatic rings. The van der Waals surface area contributed by atoms with Crippen molar-refractivity contribution in [2.45, 2.75) is 13.3 Å². The van der Waals surface area contributed by atoms with E-state index in [0.29, 0.717) is 5.76 Å². The molecular weight excluding hydrogens is 216 g/mol. The average Bonchev–Trinajstić information content (AvgIpc) is 2.07. The molecule has 1 rings (SSSR count).